The van der Waals surface area contributed by atoms with Gasteiger partial charge in [0, 0.05) is 60.1 Å². The van der Waals surface area contributed by atoms with Crippen molar-refractivity contribution in [1.29, 1.82) is 0 Å². The summed E-state index contributed by atoms with van der Waals surface area (Å²) in [6, 6.07) is 10.3. The van der Waals surface area contributed by atoms with Gasteiger partial charge in [-0.1, -0.05) is 23.2 Å². The lowest BCUT2D eigenvalue weighted by Crippen LogP contribution is -2.46. The van der Waals surface area contributed by atoms with Gasteiger partial charge in [0.1, 0.15) is 0 Å². The lowest BCUT2D eigenvalue weighted by Gasteiger charge is -2.36. The molecule has 1 aromatic heterocycles. The van der Waals surface area contributed by atoms with Crippen LogP contribution in [0.25, 0.3) is 5.03 Å². The number of anilines is 2. The Morgan fingerprint density at radius 2 is 1.65 bits per heavy atom. The van der Waals surface area contributed by atoms with Crippen LogP contribution < -0.4 is 15.1 Å². The van der Waals surface area contributed by atoms with E-state index in [2.05, 4.69) is 33.3 Å². The maximum absolute atomic E-state index is 6.28. The number of fused-ring (bicyclic) bond motifs is 1. The summed E-state index contributed by atoms with van der Waals surface area (Å²) >= 11 is 14.1. The quantitative estimate of drug-likeness (QED) is 0.852. The van der Waals surface area contributed by atoms with Gasteiger partial charge in [-0.25, -0.2) is 0 Å². The third kappa shape index (κ3) is 3.03. The monoisotopic (exact) mass is 365 g/mol. The number of nitrogens with one attached hydrogen (secondary N) is 1. The van der Waals surface area contributed by atoms with E-state index in [4.69, 9.17) is 23.2 Å². The van der Waals surface area contributed by atoms with Gasteiger partial charge < -0.3 is 15.1 Å². The number of hydrogen-bond acceptors (Lipinski definition) is 4. The van der Waals surface area contributed by atoms with E-state index in [-0.39, 0.29) is 0 Å². The Balaban J connectivity index is 1.46. The van der Waals surface area contributed by atoms with E-state index in [9.17, 15) is 0 Å². The summed E-state index contributed by atoms with van der Waals surface area (Å²) in [6.07, 6.45) is 1.89. The average Bonchev–Trinajstić information content (AvgIpc) is 3.01. The Bertz CT molecular complexity index is 731. The highest BCUT2D eigenvalue weighted by Gasteiger charge is 2.22. The number of hydrogen-bond donors (Lipinski definition) is 1. The molecule has 4 rings (SSSR count). The fraction of sp³-hybridized carbons (Fsp3) is 0.294. The molecule has 6 heteroatoms. The smallest absolute Gasteiger partial charge is 0.0920 e. The van der Waals surface area contributed by atoms with Crippen molar-refractivity contribution in [2.24, 2.45) is 0 Å². The van der Waals surface area contributed by atoms with Gasteiger partial charge in [-0.2, -0.15) is 0 Å². The summed E-state index contributed by atoms with van der Waals surface area (Å²) in [5, 5.41) is 6.14. The van der Waals surface area contributed by atoms with Gasteiger partial charge in [0.15, 0.2) is 0 Å². The van der Waals surface area contributed by atoms with Crippen LogP contribution in [0.3, 0.4) is 0 Å². The zero-order chi connectivity index (χ0) is 15.8. The molecule has 23 heavy (non-hydrogen) atoms. The van der Waals surface area contributed by atoms with Crippen molar-refractivity contribution >= 4 is 50.3 Å². The van der Waals surface area contributed by atoms with Crippen LogP contribution in [0.15, 0.2) is 36.5 Å². The van der Waals surface area contributed by atoms with Crippen molar-refractivity contribution in [1.82, 2.24) is 5.32 Å². The van der Waals surface area contributed by atoms with Gasteiger partial charge in [-0.3, -0.25) is 0 Å². The molecule has 3 heterocycles. The fourth-order valence-corrected chi connectivity index (χ4v) is 4.65. The molecule has 0 aliphatic carbocycles. The fourth-order valence-electron chi connectivity index (χ4n) is 3.05. The third-order valence-electron chi connectivity index (χ3n) is 4.33. The Labute approximate surface area is 150 Å². The van der Waals surface area contributed by atoms with E-state index in [1.807, 2.05) is 29.7 Å². The first-order valence-electron chi connectivity index (χ1n) is 7.68. The molecule has 0 spiro atoms. The second-order valence-electron chi connectivity index (χ2n) is 5.75. The van der Waals surface area contributed by atoms with Crippen molar-refractivity contribution in [3.63, 3.8) is 0 Å². The molecule has 0 radical (unpaired) electrons. The van der Waals surface area contributed by atoms with E-state index in [1.54, 1.807) is 0 Å². The molecule has 1 N–H and O–H groups in total. The van der Waals surface area contributed by atoms with E-state index in [0.717, 1.165) is 42.8 Å². The van der Waals surface area contributed by atoms with Gasteiger partial charge in [-0.05, 0) is 30.3 Å². The minimum Gasteiger partial charge on any atom is -0.385 e. The summed E-state index contributed by atoms with van der Waals surface area (Å²) in [7, 11) is 0. The molecule has 0 saturated carbocycles. The van der Waals surface area contributed by atoms with Gasteiger partial charge >= 0.3 is 0 Å². The number of benzene rings is 1. The summed E-state index contributed by atoms with van der Waals surface area (Å²) in [5.41, 5.74) is 2.43. The summed E-state index contributed by atoms with van der Waals surface area (Å²) < 4.78 is 0. The molecule has 2 aromatic rings. The lowest BCUT2D eigenvalue weighted by molar-refractivity contribution is 0.657. The van der Waals surface area contributed by atoms with Crippen LogP contribution >= 0.6 is 34.5 Å². The van der Waals surface area contributed by atoms with Gasteiger partial charge in [0.05, 0.1) is 10.0 Å². The minimum atomic E-state index is 0.787. The summed E-state index contributed by atoms with van der Waals surface area (Å²) in [5.74, 6) is 0. The molecule has 1 fully saturated rings. The molecule has 0 amide bonds. The van der Waals surface area contributed by atoms with Crippen molar-refractivity contribution in [2.45, 2.75) is 6.54 Å². The Kier molecular flexibility index (Phi) is 4.14. The van der Waals surface area contributed by atoms with Crippen molar-refractivity contribution in [3.8, 4) is 0 Å². The van der Waals surface area contributed by atoms with E-state index in [0.29, 0.717) is 0 Å². The lowest BCUT2D eigenvalue weighted by atomic mass is 10.2. The maximum Gasteiger partial charge on any atom is 0.0920 e. The first-order chi connectivity index (χ1) is 11.2. The van der Waals surface area contributed by atoms with Gasteiger partial charge in [0.25, 0.3) is 0 Å². The molecule has 1 saturated heterocycles. The van der Waals surface area contributed by atoms with E-state index in [1.165, 1.54) is 21.1 Å². The predicted molar refractivity (Wildman–Crippen MR) is 101 cm³/mol. The Morgan fingerprint density at radius 3 is 2.35 bits per heavy atom. The van der Waals surface area contributed by atoms with Crippen LogP contribution in [-0.2, 0) is 6.54 Å². The molecular formula is C17H17Cl2N3S. The summed E-state index contributed by atoms with van der Waals surface area (Å²) in [6.45, 7) is 4.96. The van der Waals surface area contributed by atoms with Crippen LogP contribution in [0.5, 0.6) is 0 Å². The Hall–Kier alpha value is -1.36. The van der Waals surface area contributed by atoms with Crippen LogP contribution in [-0.4, -0.2) is 26.2 Å². The largest absolute Gasteiger partial charge is 0.385 e. The molecule has 120 valence electrons. The second-order valence-corrected chi connectivity index (χ2v) is 7.70. The molecule has 2 aliphatic heterocycles. The van der Waals surface area contributed by atoms with Gasteiger partial charge in [-0.15, -0.1) is 11.3 Å². The van der Waals surface area contributed by atoms with Crippen LogP contribution in [0.2, 0.25) is 5.02 Å². The van der Waals surface area contributed by atoms with Crippen LogP contribution in [0, 0.1) is 0 Å². The first kappa shape index (κ1) is 15.2. The number of thiophene rings is 1. The molecule has 2 aliphatic rings. The predicted octanol–water partition coefficient (Wildman–Crippen LogP) is 4.37. The Morgan fingerprint density at radius 1 is 0.957 bits per heavy atom. The van der Waals surface area contributed by atoms with E-state index >= 15 is 0 Å². The van der Waals surface area contributed by atoms with Crippen molar-refractivity contribution in [2.75, 3.05) is 36.0 Å². The van der Waals surface area contributed by atoms with E-state index < -0.39 is 0 Å². The van der Waals surface area contributed by atoms with Crippen molar-refractivity contribution < 1.29 is 0 Å². The zero-order valence-corrected chi connectivity index (χ0v) is 14.9. The highest BCUT2D eigenvalue weighted by Crippen LogP contribution is 2.37. The average molecular weight is 366 g/mol. The number of piperazine rings is 1. The highest BCUT2D eigenvalue weighted by atomic mass is 35.5. The van der Waals surface area contributed by atoms with Gasteiger partial charge in [0.2, 0.25) is 0 Å². The van der Waals surface area contributed by atoms with Crippen LogP contribution in [0.1, 0.15) is 10.4 Å². The molecule has 0 bridgehead atoms. The SMILES string of the molecule is ClC1=CNCc2sc(N3CCN(c4ccc(Cl)cc4)CC3)cc21. The molecule has 0 unspecified atom stereocenters. The summed E-state index contributed by atoms with van der Waals surface area (Å²) in [4.78, 5) is 6.20. The normalized spacial score (nSPS) is 17.6. The maximum atomic E-state index is 6.28. The number of rotatable bonds is 2. The van der Waals surface area contributed by atoms with Crippen molar-refractivity contribution in [3.05, 3.63) is 52.0 Å². The molecular weight excluding hydrogens is 349 g/mol. The number of halogens is 2. The minimum absolute atomic E-state index is 0.787. The molecule has 0 atom stereocenters. The molecule has 3 nitrogen and oxygen atoms in total. The van der Waals surface area contributed by atoms with Crippen LogP contribution in [0.4, 0.5) is 10.7 Å². The molecule has 1 aromatic carbocycles. The topological polar surface area (TPSA) is 18.5 Å². The standard InChI is InChI=1S/C17H17Cl2N3S/c18-12-1-3-13(4-2-12)21-5-7-22(8-6-21)17-9-14-15(19)10-20-11-16(14)23-17/h1-4,9-10,20H,5-8,11H2. The zero-order valence-electron chi connectivity index (χ0n) is 12.6. The second kappa shape index (κ2) is 6.27. The first-order valence-corrected chi connectivity index (χ1v) is 9.25. The third-order valence-corrected chi connectivity index (χ3v) is 6.09. The number of nitrogens with zero attached hydrogens (tertiary/aromatic N) is 2. The highest BCUT2D eigenvalue weighted by molar-refractivity contribution is 7.16.